The number of fused-ring (bicyclic) bond motifs is 1. The van der Waals surface area contributed by atoms with Crippen molar-refractivity contribution in [2.75, 3.05) is 7.11 Å². The lowest BCUT2D eigenvalue weighted by Crippen LogP contribution is -2.20. The van der Waals surface area contributed by atoms with Gasteiger partial charge in [0, 0.05) is 17.2 Å². The van der Waals surface area contributed by atoms with Crippen LogP contribution in [0.25, 0.3) is 22.3 Å². The first-order valence-corrected chi connectivity index (χ1v) is 14.5. The minimum atomic E-state index is -0.564. The number of rotatable bonds is 9. The first kappa shape index (κ1) is 30.6. The molecule has 0 aliphatic rings. The number of benzene rings is 4. The zero-order valence-corrected chi connectivity index (χ0v) is 26.0. The Labute approximate surface area is 260 Å². The number of aryl methyl sites for hydroxylation is 1. The summed E-state index contributed by atoms with van der Waals surface area (Å²) < 4.78 is 26.1. The zero-order valence-electron chi connectivity index (χ0n) is 24.4. The van der Waals surface area contributed by atoms with Gasteiger partial charge in [-0.25, -0.2) is 9.37 Å². The summed E-state index contributed by atoms with van der Waals surface area (Å²) in [4.78, 5) is 30.0. The van der Waals surface area contributed by atoms with Crippen molar-refractivity contribution < 1.29 is 18.8 Å². The molecule has 0 radical (unpaired) electrons. The third-order valence-corrected chi connectivity index (χ3v) is 7.64. The van der Waals surface area contributed by atoms with Gasteiger partial charge in [-0.2, -0.15) is 9.78 Å². The van der Waals surface area contributed by atoms with Crippen molar-refractivity contribution in [1.29, 1.82) is 0 Å². The highest BCUT2D eigenvalue weighted by molar-refractivity contribution is 9.10. The van der Waals surface area contributed by atoms with Gasteiger partial charge in [0.2, 0.25) is 5.75 Å². The predicted molar refractivity (Wildman–Crippen MR) is 171 cm³/mol. The molecule has 1 aromatic heterocycles. The Morgan fingerprint density at radius 2 is 1.84 bits per heavy atom. The molecule has 5 rings (SSSR count). The third kappa shape index (κ3) is 6.23. The van der Waals surface area contributed by atoms with E-state index in [0.29, 0.717) is 37.9 Å². The molecule has 5 aromatic rings. The van der Waals surface area contributed by atoms with Crippen molar-refractivity contribution in [3.63, 3.8) is 0 Å². The molecule has 0 spiro atoms. The van der Waals surface area contributed by atoms with Crippen molar-refractivity contribution in [2.24, 2.45) is 5.10 Å². The van der Waals surface area contributed by atoms with Crippen LogP contribution in [0.5, 0.6) is 11.5 Å². The fourth-order valence-electron chi connectivity index (χ4n) is 4.79. The van der Waals surface area contributed by atoms with Gasteiger partial charge in [-0.1, -0.05) is 38.1 Å². The third-order valence-electron chi connectivity index (χ3n) is 7.06. The monoisotopic (exact) mass is 658 g/mol. The molecule has 0 N–H and O–H groups in total. The van der Waals surface area contributed by atoms with Crippen LogP contribution in [-0.4, -0.2) is 27.9 Å². The number of nitrogens with zero attached hydrogens (tertiary/aromatic N) is 4. The maximum absolute atomic E-state index is 13.8. The Balaban J connectivity index is 1.61. The first-order chi connectivity index (χ1) is 21.1. The first-order valence-electron chi connectivity index (χ1n) is 13.7. The summed E-state index contributed by atoms with van der Waals surface area (Å²) in [5.74, 6) is 0.806. The highest BCUT2D eigenvalue weighted by atomic mass is 79.9. The second-order valence-electron chi connectivity index (χ2n) is 10.4. The van der Waals surface area contributed by atoms with Crippen molar-refractivity contribution in [2.45, 2.75) is 33.3 Å². The van der Waals surface area contributed by atoms with Crippen LogP contribution in [0.15, 0.2) is 87.2 Å². The molecular weight excluding hydrogens is 631 g/mol. The molecule has 0 saturated carbocycles. The zero-order chi connectivity index (χ0) is 31.5. The van der Waals surface area contributed by atoms with Crippen molar-refractivity contribution in [3.05, 3.63) is 126 Å². The number of aromatic nitrogens is 2. The summed E-state index contributed by atoms with van der Waals surface area (Å²) >= 11 is 3.38. The minimum absolute atomic E-state index is 0.00571. The summed E-state index contributed by atoms with van der Waals surface area (Å²) in [6.07, 6.45) is 1.37. The highest BCUT2D eigenvalue weighted by Crippen LogP contribution is 2.37. The van der Waals surface area contributed by atoms with Crippen LogP contribution in [0.3, 0.4) is 0 Å². The molecule has 9 nitrogen and oxygen atoms in total. The van der Waals surface area contributed by atoms with Gasteiger partial charge < -0.3 is 9.47 Å². The van der Waals surface area contributed by atoms with Gasteiger partial charge >= 0.3 is 5.69 Å². The van der Waals surface area contributed by atoms with E-state index in [-0.39, 0.29) is 24.0 Å². The van der Waals surface area contributed by atoms with E-state index in [1.807, 2.05) is 39.0 Å². The minimum Gasteiger partial charge on any atom is -0.496 e. The Hall–Kier alpha value is -4.90. The second kappa shape index (κ2) is 12.8. The molecule has 224 valence electrons. The average molecular weight is 660 g/mol. The molecule has 0 bridgehead atoms. The van der Waals surface area contributed by atoms with E-state index in [9.17, 15) is 19.3 Å². The number of methoxy groups -OCH3 is 1. The largest absolute Gasteiger partial charge is 0.496 e. The molecule has 0 fully saturated rings. The Morgan fingerprint density at radius 3 is 2.52 bits per heavy atom. The Morgan fingerprint density at radius 1 is 1.11 bits per heavy atom. The standard InChI is InChI=1S/C33H28BrFN4O5/c1-19(2)25-16-26(20(3)13-30(25)43-4)32-37-28-8-6-5-7-24(28)33(40)38(32)36-17-22-14-27(34)31(29(15-22)39(41)42)44-18-21-9-11-23(35)12-10-21/h5-17,19H,18H2,1-4H3. The van der Waals surface area contributed by atoms with E-state index in [2.05, 4.69) is 21.0 Å². The molecule has 0 aliphatic heterocycles. The van der Waals surface area contributed by atoms with E-state index in [1.165, 1.54) is 41.2 Å². The number of hydrogen-bond acceptors (Lipinski definition) is 7. The van der Waals surface area contributed by atoms with Crippen LogP contribution in [0.4, 0.5) is 10.1 Å². The van der Waals surface area contributed by atoms with E-state index < -0.39 is 16.3 Å². The van der Waals surface area contributed by atoms with Gasteiger partial charge in [0.15, 0.2) is 5.82 Å². The molecule has 11 heteroatoms. The molecule has 4 aromatic carbocycles. The van der Waals surface area contributed by atoms with E-state index in [0.717, 1.165) is 16.9 Å². The van der Waals surface area contributed by atoms with Crippen LogP contribution >= 0.6 is 15.9 Å². The SMILES string of the molecule is COc1cc(C)c(-c2nc3ccccc3c(=O)n2N=Cc2cc(Br)c(OCc3ccc(F)cc3)c([N+](=O)[O-])c2)cc1C(C)C. The second-order valence-corrected chi connectivity index (χ2v) is 11.3. The number of nitro benzene ring substituents is 1. The summed E-state index contributed by atoms with van der Waals surface area (Å²) in [6, 6.07) is 19.4. The summed E-state index contributed by atoms with van der Waals surface area (Å²) in [6.45, 7) is 6.00. The number of para-hydroxylation sites is 1. The Bertz CT molecular complexity index is 1970. The normalized spacial score (nSPS) is 11.4. The molecule has 0 unspecified atom stereocenters. The van der Waals surface area contributed by atoms with Crippen LogP contribution in [0, 0.1) is 22.9 Å². The number of nitro groups is 1. The van der Waals surface area contributed by atoms with Crippen molar-refractivity contribution in [1.82, 2.24) is 9.66 Å². The lowest BCUT2D eigenvalue weighted by atomic mass is 9.96. The summed E-state index contributed by atoms with van der Waals surface area (Å²) in [5.41, 5.74) is 3.28. The van der Waals surface area contributed by atoms with Gasteiger partial charge in [-0.05, 0) is 87.9 Å². The fourth-order valence-corrected chi connectivity index (χ4v) is 5.37. The average Bonchev–Trinajstić information content (AvgIpc) is 3.00. The van der Waals surface area contributed by atoms with Crippen LogP contribution < -0.4 is 15.0 Å². The molecule has 0 saturated heterocycles. The molecule has 0 amide bonds. The van der Waals surface area contributed by atoms with E-state index in [4.69, 9.17) is 14.5 Å². The van der Waals surface area contributed by atoms with Crippen LogP contribution in [0.1, 0.15) is 42.0 Å². The number of ether oxygens (including phenoxy) is 2. The summed E-state index contributed by atoms with van der Waals surface area (Å²) in [5, 5.41) is 16.9. The van der Waals surface area contributed by atoms with E-state index in [1.54, 1.807) is 31.4 Å². The van der Waals surface area contributed by atoms with E-state index >= 15 is 0 Å². The van der Waals surface area contributed by atoms with Gasteiger partial charge in [0.05, 0.1) is 33.6 Å². The van der Waals surface area contributed by atoms with Crippen molar-refractivity contribution >= 4 is 38.7 Å². The lowest BCUT2D eigenvalue weighted by Gasteiger charge is -2.17. The molecule has 44 heavy (non-hydrogen) atoms. The smallest absolute Gasteiger partial charge is 0.312 e. The molecule has 1 heterocycles. The topological polar surface area (TPSA) is 109 Å². The number of hydrogen-bond donors (Lipinski definition) is 0. The number of halogens is 2. The van der Waals surface area contributed by atoms with Crippen LogP contribution in [0.2, 0.25) is 0 Å². The molecular formula is C33H28BrFN4O5. The molecule has 0 aliphatic carbocycles. The predicted octanol–water partition coefficient (Wildman–Crippen LogP) is 7.77. The quantitative estimate of drug-likeness (QED) is 0.0909. The fraction of sp³-hybridized carbons (Fsp3) is 0.182. The lowest BCUT2D eigenvalue weighted by molar-refractivity contribution is -0.386. The maximum atomic E-state index is 13.8. The van der Waals surface area contributed by atoms with Crippen LogP contribution in [-0.2, 0) is 6.61 Å². The van der Waals surface area contributed by atoms with Gasteiger partial charge in [-0.15, -0.1) is 0 Å². The summed E-state index contributed by atoms with van der Waals surface area (Å²) in [7, 11) is 1.62. The van der Waals surface area contributed by atoms with Gasteiger partial charge in [0.1, 0.15) is 18.2 Å². The Kier molecular flexibility index (Phi) is 8.86. The van der Waals surface area contributed by atoms with Gasteiger partial charge in [0.25, 0.3) is 5.56 Å². The maximum Gasteiger partial charge on any atom is 0.312 e. The highest BCUT2D eigenvalue weighted by Gasteiger charge is 2.21. The van der Waals surface area contributed by atoms with Crippen molar-refractivity contribution in [3.8, 4) is 22.9 Å². The van der Waals surface area contributed by atoms with Gasteiger partial charge in [-0.3, -0.25) is 14.9 Å². The molecule has 0 atom stereocenters.